The highest BCUT2D eigenvalue weighted by atomic mass is 16.4. The summed E-state index contributed by atoms with van der Waals surface area (Å²) in [6.45, 7) is 7.78. The average molecular weight is 270 g/mol. The highest BCUT2D eigenvalue weighted by molar-refractivity contribution is 5.81. The Hall–Kier alpha value is -1.10. The number of hydrogen-bond donors (Lipinski definition) is 2. The van der Waals surface area contributed by atoms with Crippen LogP contribution >= 0.6 is 0 Å². The first kappa shape index (κ1) is 16.0. The molecule has 0 radical (unpaired) electrons. The molecule has 110 valence electrons. The van der Waals surface area contributed by atoms with E-state index in [-0.39, 0.29) is 23.8 Å². The van der Waals surface area contributed by atoms with Crippen LogP contribution in [0.1, 0.15) is 40.0 Å². The van der Waals surface area contributed by atoms with Gasteiger partial charge in [0.05, 0.1) is 12.0 Å². The molecule has 5 nitrogen and oxygen atoms in total. The van der Waals surface area contributed by atoms with Crippen molar-refractivity contribution >= 4 is 11.9 Å². The molecule has 0 aromatic rings. The maximum absolute atomic E-state index is 12.0. The van der Waals surface area contributed by atoms with Crippen molar-refractivity contribution in [1.82, 2.24) is 10.2 Å². The highest BCUT2D eigenvalue weighted by Gasteiger charge is 2.38. The average Bonchev–Trinajstić information content (AvgIpc) is 2.75. The minimum absolute atomic E-state index is 0.00865. The van der Waals surface area contributed by atoms with Crippen LogP contribution in [0, 0.1) is 11.8 Å². The Balaban J connectivity index is 2.39. The normalized spacial score (nSPS) is 25.2. The van der Waals surface area contributed by atoms with Crippen LogP contribution in [-0.2, 0) is 9.59 Å². The smallest absolute Gasteiger partial charge is 0.308 e. The molecule has 3 atom stereocenters. The van der Waals surface area contributed by atoms with E-state index in [0.717, 1.165) is 19.3 Å². The van der Waals surface area contributed by atoms with Crippen molar-refractivity contribution in [3.63, 3.8) is 0 Å². The van der Waals surface area contributed by atoms with Gasteiger partial charge in [-0.05, 0) is 19.3 Å². The summed E-state index contributed by atoms with van der Waals surface area (Å²) < 4.78 is 0. The van der Waals surface area contributed by atoms with Gasteiger partial charge in [0.1, 0.15) is 0 Å². The zero-order valence-electron chi connectivity index (χ0n) is 12.2. The number of aliphatic carboxylic acids is 1. The third kappa shape index (κ3) is 4.49. The number of amides is 1. The summed E-state index contributed by atoms with van der Waals surface area (Å²) >= 11 is 0. The molecule has 0 spiro atoms. The van der Waals surface area contributed by atoms with E-state index in [1.807, 2.05) is 18.7 Å². The van der Waals surface area contributed by atoms with Crippen LogP contribution in [0.5, 0.6) is 0 Å². The molecular weight excluding hydrogens is 244 g/mol. The van der Waals surface area contributed by atoms with E-state index in [2.05, 4.69) is 12.2 Å². The zero-order chi connectivity index (χ0) is 14.4. The third-order valence-electron chi connectivity index (χ3n) is 3.96. The van der Waals surface area contributed by atoms with Gasteiger partial charge in [0.25, 0.3) is 0 Å². The van der Waals surface area contributed by atoms with Crippen LogP contribution in [0.3, 0.4) is 0 Å². The number of carboxylic acids is 1. The Kier molecular flexibility index (Phi) is 6.28. The van der Waals surface area contributed by atoms with Crippen LogP contribution in [0.2, 0.25) is 0 Å². The number of nitrogens with one attached hydrogen (secondary N) is 1. The topological polar surface area (TPSA) is 69.6 Å². The number of likely N-dealkylation sites (tertiary alicyclic amines) is 1. The molecule has 19 heavy (non-hydrogen) atoms. The molecule has 1 aliphatic heterocycles. The number of unbranched alkanes of at least 4 members (excludes halogenated alkanes) is 2. The highest BCUT2D eigenvalue weighted by Crippen LogP contribution is 2.24. The van der Waals surface area contributed by atoms with E-state index in [4.69, 9.17) is 5.11 Å². The number of rotatable bonds is 7. The first-order valence-corrected chi connectivity index (χ1v) is 7.22. The summed E-state index contributed by atoms with van der Waals surface area (Å²) in [5, 5.41) is 12.0. The van der Waals surface area contributed by atoms with E-state index >= 15 is 0 Å². The number of carbonyl (C=O) groups excluding carboxylic acids is 1. The second-order valence-corrected chi connectivity index (χ2v) is 5.55. The summed E-state index contributed by atoms with van der Waals surface area (Å²) in [6.07, 6.45) is 3.26. The van der Waals surface area contributed by atoms with Crippen molar-refractivity contribution in [1.29, 1.82) is 0 Å². The van der Waals surface area contributed by atoms with Gasteiger partial charge in [0.2, 0.25) is 5.91 Å². The molecule has 3 unspecified atom stereocenters. The summed E-state index contributed by atoms with van der Waals surface area (Å²) in [4.78, 5) is 25.0. The standard InChI is InChI=1S/C14H26N2O3/c1-4-5-6-7-15-13(17)11(3)16-8-10(2)12(9-16)14(18)19/h10-12H,4-9H2,1-3H3,(H,15,17)(H,18,19). The Morgan fingerprint density at radius 1 is 1.37 bits per heavy atom. The van der Waals surface area contributed by atoms with Gasteiger partial charge >= 0.3 is 5.97 Å². The van der Waals surface area contributed by atoms with E-state index in [1.165, 1.54) is 0 Å². The minimum atomic E-state index is -0.759. The summed E-state index contributed by atoms with van der Waals surface area (Å²) in [5.74, 6) is -0.997. The lowest BCUT2D eigenvalue weighted by molar-refractivity contribution is -0.142. The lowest BCUT2D eigenvalue weighted by Gasteiger charge is -2.23. The minimum Gasteiger partial charge on any atom is -0.481 e. The molecule has 1 saturated heterocycles. The lowest BCUT2D eigenvalue weighted by Crippen LogP contribution is -2.44. The molecule has 0 aliphatic carbocycles. The molecule has 1 amide bonds. The Labute approximate surface area is 115 Å². The van der Waals surface area contributed by atoms with Crippen LogP contribution in [-0.4, -0.2) is 47.6 Å². The van der Waals surface area contributed by atoms with Gasteiger partial charge in [-0.3, -0.25) is 14.5 Å². The second-order valence-electron chi connectivity index (χ2n) is 5.55. The van der Waals surface area contributed by atoms with Gasteiger partial charge in [0.15, 0.2) is 0 Å². The summed E-state index contributed by atoms with van der Waals surface area (Å²) in [6, 6.07) is -0.242. The molecule has 5 heteroatoms. The fourth-order valence-electron chi connectivity index (χ4n) is 2.54. The Bertz CT molecular complexity index is 320. The maximum Gasteiger partial charge on any atom is 0.308 e. The third-order valence-corrected chi connectivity index (χ3v) is 3.96. The molecule has 2 N–H and O–H groups in total. The SMILES string of the molecule is CCCCCNC(=O)C(C)N1CC(C)C(C(=O)O)C1. The summed E-state index contributed by atoms with van der Waals surface area (Å²) in [7, 11) is 0. The second kappa shape index (κ2) is 7.48. The van der Waals surface area contributed by atoms with Gasteiger partial charge in [-0.25, -0.2) is 0 Å². The van der Waals surface area contributed by atoms with Crippen LogP contribution in [0.25, 0.3) is 0 Å². The molecule has 0 saturated carbocycles. The summed E-state index contributed by atoms with van der Waals surface area (Å²) in [5.41, 5.74) is 0. The Morgan fingerprint density at radius 2 is 2.05 bits per heavy atom. The number of carbonyl (C=O) groups is 2. The van der Waals surface area contributed by atoms with Crippen molar-refractivity contribution in [3.05, 3.63) is 0 Å². The van der Waals surface area contributed by atoms with Crippen molar-refractivity contribution in [2.75, 3.05) is 19.6 Å². The van der Waals surface area contributed by atoms with E-state index in [1.54, 1.807) is 0 Å². The molecule has 1 fully saturated rings. The van der Waals surface area contributed by atoms with Crippen molar-refractivity contribution in [3.8, 4) is 0 Å². The number of carboxylic acid groups (broad SMARTS) is 1. The van der Waals surface area contributed by atoms with Crippen molar-refractivity contribution < 1.29 is 14.7 Å². The van der Waals surface area contributed by atoms with E-state index in [0.29, 0.717) is 19.6 Å². The number of nitrogens with zero attached hydrogens (tertiary/aromatic N) is 1. The van der Waals surface area contributed by atoms with E-state index in [9.17, 15) is 9.59 Å². The molecule has 0 bridgehead atoms. The fourth-order valence-corrected chi connectivity index (χ4v) is 2.54. The Morgan fingerprint density at radius 3 is 2.58 bits per heavy atom. The monoisotopic (exact) mass is 270 g/mol. The molecule has 1 rings (SSSR count). The van der Waals surface area contributed by atoms with Gasteiger partial charge in [-0.2, -0.15) is 0 Å². The largest absolute Gasteiger partial charge is 0.481 e. The van der Waals surface area contributed by atoms with Gasteiger partial charge in [0, 0.05) is 19.6 Å². The number of hydrogen-bond acceptors (Lipinski definition) is 3. The predicted octanol–water partition coefficient (Wildman–Crippen LogP) is 1.33. The van der Waals surface area contributed by atoms with Gasteiger partial charge < -0.3 is 10.4 Å². The molecule has 1 heterocycles. The zero-order valence-corrected chi connectivity index (χ0v) is 12.2. The van der Waals surface area contributed by atoms with Crippen molar-refractivity contribution in [2.24, 2.45) is 11.8 Å². The molecule has 0 aromatic carbocycles. The first-order chi connectivity index (χ1) is 8.97. The molecule has 0 aromatic heterocycles. The van der Waals surface area contributed by atoms with E-state index < -0.39 is 5.97 Å². The van der Waals surface area contributed by atoms with Crippen LogP contribution in [0.15, 0.2) is 0 Å². The van der Waals surface area contributed by atoms with Crippen LogP contribution < -0.4 is 5.32 Å². The fraction of sp³-hybridized carbons (Fsp3) is 0.857. The first-order valence-electron chi connectivity index (χ1n) is 7.22. The predicted molar refractivity (Wildman–Crippen MR) is 73.9 cm³/mol. The maximum atomic E-state index is 12.0. The molecule has 1 aliphatic rings. The molecular formula is C14H26N2O3. The van der Waals surface area contributed by atoms with Crippen molar-refractivity contribution in [2.45, 2.75) is 46.1 Å². The quantitative estimate of drug-likeness (QED) is 0.685. The van der Waals surface area contributed by atoms with Gasteiger partial charge in [-0.15, -0.1) is 0 Å². The lowest BCUT2D eigenvalue weighted by atomic mass is 9.99. The van der Waals surface area contributed by atoms with Gasteiger partial charge in [-0.1, -0.05) is 26.7 Å². The van der Waals surface area contributed by atoms with Crippen LogP contribution in [0.4, 0.5) is 0 Å².